The van der Waals surface area contributed by atoms with Crippen LogP contribution in [0.15, 0.2) is 65.5 Å². The van der Waals surface area contributed by atoms with Crippen LogP contribution in [0.3, 0.4) is 0 Å². The van der Waals surface area contributed by atoms with Gasteiger partial charge in [-0.1, -0.05) is 48.0 Å². The van der Waals surface area contributed by atoms with Crippen LogP contribution in [0.25, 0.3) is 17.0 Å². The number of ketones is 1. The highest BCUT2D eigenvalue weighted by Gasteiger charge is 2.08. The molecule has 0 unspecified atom stereocenters. The average Bonchev–Trinajstić information content (AvgIpc) is 2.53. The molecule has 22 heavy (non-hydrogen) atoms. The Morgan fingerprint density at radius 3 is 2.55 bits per heavy atom. The average molecular weight is 310 g/mol. The number of H-pyrrole nitrogens is 1. The van der Waals surface area contributed by atoms with Crippen LogP contribution in [0.2, 0.25) is 5.02 Å². The highest BCUT2D eigenvalue weighted by atomic mass is 35.5. The topological polar surface area (TPSA) is 49.9 Å². The standard InChI is InChI=1S/C18H12ClNO2/c19-14-8-5-12(6-9-14)7-10-17(21)15-11-13-3-1-2-4-16(13)20-18(15)22/h1-11H,(H,20,22)/b10-7-. The molecular formula is C18H12ClNO2. The van der Waals surface area contributed by atoms with Crippen molar-refractivity contribution < 1.29 is 4.79 Å². The fourth-order valence-corrected chi connectivity index (χ4v) is 2.29. The number of halogens is 1. The lowest BCUT2D eigenvalue weighted by atomic mass is 10.1. The number of benzene rings is 2. The van der Waals surface area contributed by atoms with Crippen LogP contribution in [-0.4, -0.2) is 10.8 Å². The number of fused-ring (bicyclic) bond motifs is 1. The van der Waals surface area contributed by atoms with Crippen molar-refractivity contribution in [3.63, 3.8) is 0 Å². The fourth-order valence-electron chi connectivity index (χ4n) is 2.17. The Hall–Kier alpha value is -2.65. The zero-order valence-corrected chi connectivity index (χ0v) is 12.3. The van der Waals surface area contributed by atoms with Gasteiger partial charge in [-0.25, -0.2) is 0 Å². The third-order valence-electron chi connectivity index (χ3n) is 3.32. The Balaban J connectivity index is 1.93. The van der Waals surface area contributed by atoms with Crippen molar-refractivity contribution in [2.45, 2.75) is 0 Å². The van der Waals surface area contributed by atoms with Crippen LogP contribution < -0.4 is 5.56 Å². The maximum Gasteiger partial charge on any atom is 0.259 e. The highest BCUT2D eigenvalue weighted by Crippen LogP contribution is 2.13. The van der Waals surface area contributed by atoms with Crippen molar-refractivity contribution in [1.82, 2.24) is 4.98 Å². The Kier molecular flexibility index (Phi) is 3.90. The van der Waals surface area contributed by atoms with Gasteiger partial charge in [0, 0.05) is 10.5 Å². The smallest absolute Gasteiger partial charge is 0.259 e. The summed E-state index contributed by atoms with van der Waals surface area (Å²) in [5.74, 6) is -0.332. The number of hydrogen-bond acceptors (Lipinski definition) is 2. The second-order valence-corrected chi connectivity index (χ2v) is 5.28. The summed E-state index contributed by atoms with van der Waals surface area (Å²) in [5.41, 5.74) is 1.30. The van der Waals surface area contributed by atoms with E-state index in [9.17, 15) is 9.59 Å². The van der Waals surface area contributed by atoms with Crippen LogP contribution in [0.1, 0.15) is 15.9 Å². The minimum atomic E-state index is -0.385. The zero-order valence-electron chi connectivity index (χ0n) is 11.5. The molecule has 1 heterocycles. The van der Waals surface area contributed by atoms with Crippen LogP contribution in [0.4, 0.5) is 0 Å². The number of aromatic nitrogens is 1. The third kappa shape index (κ3) is 3.00. The second-order valence-electron chi connectivity index (χ2n) is 4.85. The molecule has 0 saturated heterocycles. The van der Waals surface area contributed by atoms with E-state index in [-0.39, 0.29) is 16.9 Å². The van der Waals surface area contributed by atoms with E-state index in [4.69, 9.17) is 11.6 Å². The molecule has 108 valence electrons. The predicted octanol–water partition coefficient (Wildman–Crippen LogP) is 4.08. The monoisotopic (exact) mass is 309 g/mol. The maximum absolute atomic E-state index is 12.2. The summed E-state index contributed by atoms with van der Waals surface area (Å²) in [4.78, 5) is 26.9. The van der Waals surface area contributed by atoms with Gasteiger partial charge in [-0.2, -0.15) is 0 Å². The number of carbonyl (C=O) groups is 1. The van der Waals surface area contributed by atoms with Crippen molar-refractivity contribution in [1.29, 1.82) is 0 Å². The Labute approximate surface area is 131 Å². The maximum atomic E-state index is 12.2. The molecule has 4 heteroatoms. The lowest BCUT2D eigenvalue weighted by molar-refractivity contribution is 0.104. The van der Waals surface area contributed by atoms with E-state index in [0.717, 1.165) is 10.9 Å². The molecule has 3 nitrogen and oxygen atoms in total. The Morgan fingerprint density at radius 1 is 1.05 bits per heavy atom. The summed E-state index contributed by atoms with van der Waals surface area (Å²) in [7, 11) is 0. The normalized spacial score (nSPS) is 11.1. The van der Waals surface area contributed by atoms with Crippen LogP contribution in [-0.2, 0) is 0 Å². The van der Waals surface area contributed by atoms with Crippen molar-refractivity contribution >= 4 is 34.4 Å². The molecule has 3 rings (SSSR count). The van der Waals surface area contributed by atoms with Crippen molar-refractivity contribution in [3.8, 4) is 0 Å². The van der Waals surface area contributed by atoms with E-state index in [1.807, 2.05) is 18.2 Å². The van der Waals surface area contributed by atoms with Crippen LogP contribution in [0, 0.1) is 0 Å². The van der Waals surface area contributed by atoms with Gasteiger partial charge < -0.3 is 4.98 Å². The number of aromatic amines is 1. The van der Waals surface area contributed by atoms with Crippen molar-refractivity contribution in [3.05, 3.63) is 87.2 Å². The molecular weight excluding hydrogens is 298 g/mol. The summed E-state index contributed by atoms with van der Waals surface area (Å²) >= 11 is 5.81. The molecule has 0 atom stereocenters. The van der Waals surface area contributed by atoms with Gasteiger partial charge in [0.15, 0.2) is 5.78 Å². The number of para-hydroxylation sites is 1. The number of rotatable bonds is 3. The van der Waals surface area contributed by atoms with E-state index in [0.29, 0.717) is 10.5 Å². The molecule has 0 spiro atoms. The predicted molar refractivity (Wildman–Crippen MR) is 89.4 cm³/mol. The van der Waals surface area contributed by atoms with Gasteiger partial charge in [0.25, 0.3) is 5.56 Å². The first-order valence-electron chi connectivity index (χ1n) is 6.73. The second kappa shape index (κ2) is 6.00. The molecule has 0 amide bonds. The SMILES string of the molecule is O=C(/C=C\c1ccc(Cl)cc1)c1cc2ccccc2[nH]c1=O. The van der Waals surface area contributed by atoms with Gasteiger partial charge in [-0.05, 0) is 41.3 Å². The molecule has 0 aliphatic heterocycles. The molecule has 1 N–H and O–H groups in total. The Morgan fingerprint density at radius 2 is 1.77 bits per heavy atom. The van der Waals surface area contributed by atoms with Gasteiger partial charge in [-0.15, -0.1) is 0 Å². The largest absolute Gasteiger partial charge is 0.321 e. The molecule has 0 aliphatic carbocycles. The molecule has 3 aromatic rings. The van der Waals surface area contributed by atoms with Crippen molar-refractivity contribution in [2.75, 3.05) is 0 Å². The minimum Gasteiger partial charge on any atom is -0.321 e. The van der Waals surface area contributed by atoms with E-state index < -0.39 is 0 Å². The molecule has 0 bridgehead atoms. The zero-order chi connectivity index (χ0) is 15.5. The summed E-state index contributed by atoms with van der Waals surface area (Å²) in [6.45, 7) is 0. The molecule has 0 saturated carbocycles. The first kappa shape index (κ1) is 14.3. The molecule has 2 aromatic carbocycles. The van der Waals surface area contributed by atoms with Gasteiger partial charge in [-0.3, -0.25) is 9.59 Å². The van der Waals surface area contributed by atoms with Crippen molar-refractivity contribution in [2.24, 2.45) is 0 Å². The molecule has 0 radical (unpaired) electrons. The van der Waals surface area contributed by atoms with Gasteiger partial charge >= 0.3 is 0 Å². The van der Waals surface area contributed by atoms with Crippen LogP contribution >= 0.6 is 11.6 Å². The summed E-state index contributed by atoms with van der Waals surface area (Å²) < 4.78 is 0. The quantitative estimate of drug-likeness (QED) is 0.585. The third-order valence-corrected chi connectivity index (χ3v) is 3.57. The fraction of sp³-hybridized carbons (Fsp3) is 0. The summed E-state index contributed by atoms with van der Waals surface area (Å²) in [6, 6.07) is 16.1. The first-order valence-corrected chi connectivity index (χ1v) is 7.11. The van der Waals surface area contributed by atoms with E-state index >= 15 is 0 Å². The molecule has 0 fully saturated rings. The van der Waals surface area contributed by atoms with Gasteiger partial charge in [0.05, 0.1) is 5.56 Å². The van der Waals surface area contributed by atoms with E-state index in [2.05, 4.69) is 4.98 Å². The number of carbonyl (C=O) groups excluding carboxylic acids is 1. The lowest BCUT2D eigenvalue weighted by Crippen LogP contribution is -2.16. The summed E-state index contributed by atoms with van der Waals surface area (Å²) in [5, 5.41) is 1.46. The number of nitrogens with one attached hydrogen (secondary N) is 1. The molecule has 1 aromatic heterocycles. The van der Waals surface area contributed by atoms with E-state index in [1.165, 1.54) is 6.08 Å². The van der Waals surface area contributed by atoms with E-state index in [1.54, 1.807) is 42.5 Å². The highest BCUT2D eigenvalue weighted by molar-refractivity contribution is 6.30. The van der Waals surface area contributed by atoms with Gasteiger partial charge in [0.1, 0.15) is 0 Å². The number of pyridine rings is 1. The summed E-state index contributed by atoms with van der Waals surface area (Å²) in [6.07, 6.45) is 3.05. The molecule has 0 aliphatic rings. The van der Waals surface area contributed by atoms with Crippen LogP contribution in [0.5, 0.6) is 0 Å². The number of hydrogen-bond donors (Lipinski definition) is 1. The minimum absolute atomic E-state index is 0.129. The Bertz CT molecular complexity index is 924. The first-order chi connectivity index (χ1) is 10.6. The number of allylic oxidation sites excluding steroid dienone is 1. The van der Waals surface area contributed by atoms with Gasteiger partial charge in [0.2, 0.25) is 0 Å². The lowest BCUT2D eigenvalue weighted by Gasteiger charge is -2.00.